The van der Waals surface area contributed by atoms with Crippen LogP contribution in [0.3, 0.4) is 0 Å². The number of benzene rings is 1. The molecule has 0 bridgehead atoms. The lowest BCUT2D eigenvalue weighted by Gasteiger charge is -2.07. The molecule has 0 atom stereocenters. The van der Waals surface area contributed by atoms with Crippen molar-refractivity contribution in [3.05, 3.63) is 44.5 Å². The number of anilines is 1. The largest absolute Gasteiger partial charge is 0.434 e. The Labute approximate surface area is 116 Å². The zero-order valence-electron chi connectivity index (χ0n) is 9.83. The van der Waals surface area contributed by atoms with Gasteiger partial charge in [-0.05, 0) is 25.1 Å². The van der Waals surface area contributed by atoms with Gasteiger partial charge in [0.1, 0.15) is 11.4 Å². The summed E-state index contributed by atoms with van der Waals surface area (Å²) in [7, 11) is 0. The summed E-state index contributed by atoms with van der Waals surface area (Å²) in [5, 5.41) is 11.0. The highest BCUT2D eigenvalue weighted by Crippen LogP contribution is 2.32. The average Bonchev–Trinajstić information content (AvgIpc) is 2.26. The molecule has 98 valence electrons. The molecule has 0 fully saturated rings. The summed E-state index contributed by atoms with van der Waals surface area (Å²) in [5.41, 5.74) is 5.34. The first-order valence-electron chi connectivity index (χ1n) is 5.19. The number of hydrogen-bond acceptors (Lipinski definition) is 6. The molecule has 8 heteroatoms. The smallest absolute Gasteiger partial charge is 0.352 e. The number of nitro groups is 1. The fourth-order valence-electron chi connectivity index (χ4n) is 1.49. The number of aryl methyl sites for hydroxylation is 1. The van der Waals surface area contributed by atoms with Gasteiger partial charge in [0.25, 0.3) is 0 Å². The van der Waals surface area contributed by atoms with Gasteiger partial charge in [-0.15, -0.1) is 0 Å². The Hall–Kier alpha value is -2.22. The minimum Gasteiger partial charge on any atom is -0.434 e. The van der Waals surface area contributed by atoms with Crippen LogP contribution >= 0.6 is 15.9 Å². The summed E-state index contributed by atoms with van der Waals surface area (Å²) < 4.78 is 6.19. The second-order valence-electron chi connectivity index (χ2n) is 3.64. The van der Waals surface area contributed by atoms with Crippen LogP contribution in [0.4, 0.5) is 11.6 Å². The zero-order valence-corrected chi connectivity index (χ0v) is 11.4. The molecule has 0 spiro atoms. The lowest BCUT2D eigenvalue weighted by atomic mass is 10.3. The maximum atomic E-state index is 11.0. The molecule has 19 heavy (non-hydrogen) atoms. The fourth-order valence-corrected chi connectivity index (χ4v) is 1.86. The van der Waals surface area contributed by atoms with Crippen molar-refractivity contribution >= 4 is 27.6 Å². The van der Waals surface area contributed by atoms with Crippen LogP contribution in [-0.4, -0.2) is 14.9 Å². The third-order valence-corrected chi connectivity index (χ3v) is 2.73. The third kappa shape index (κ3) is 2.97. The summed E-state index contributed by atoms with van der Waals surface area (Å²) in [6.07, 6.45) is 0. The van der Waals surface area contributed by atoms with Gasteiger partial charge in [-0.1, -0.05) is 22.0 Å². The van der Waals surface area contributed by atoms with Gasteiger partial charge in [0, 0.05) is 4.47 Å². The van der Waals surface area contributed by atoms with Crippen molar-refractivity contribution in [1.29, 1.82) is 0 Å². The molecule has 1 heterocycles. The van der Waals surface area contributed by atoms with Crippen molar-refractivity contribution in [3.8, 4) is 11.6 Å². The first kappa shape index (κ1) is 13.2. The highest BCUT2D eigenvalue weighted by atomic mass is 79.9. The molecule has 0 aliphatic rings. The predicted molar refractivity (Wildman–Crippen MR) is 72.1 cm³/mol. The van der Waals surface area contributed by atoms with E-state index in [9.17, 15) is 10.1 Å². The molecule has 0 amide bonds. The van der Waals surface area contributed by atoms with Gasteiger partial charge in [-0.25, -0.2) is 4.98 Å². The van der Waals surface area contributed by atoms with E-state index >= 15 is 0 Å². The Morgan fingerprint density at radius 1 is 1.42 bits per heavy atom. The lowest BCUT2D eigenvalue weighted by Crippen LogP contribution is -2.04. The lowest BCUT2D eigenvalue weighted by molar-refractivity contribution is -0.386. The van der Waals surface area contributed by atoms with Crippen LogP contribution in [0.15, 0.2) is 28.7 Å². The highest BCUT2D eigenvalue weighted by molar-refractivity contribution is 9.10. The van der Waals surface area contributed by atoms with E-state index in [0.717, 1.165) is 4.47 Å². The number of nitrogens with zero attached hydrogens (tertiary/aromatic N) is 3. The van der Waals surface area contributed by atoms with E-state index < -0.39 is 4.92 Å². The molecule has 0 aliphatic carbocycles. The van der Waals surface area contributed by atoms with Crippen molar-refractivity contribution in [2.24, 2.45) is 0 Å². The normalized spacial score (nSPS) is 10.2. The standard InChI is InChI=1S/C11H9BrN4O3/c1-6-9(16(17)18)10(15-11(13)14-6)19-8-4-2-3-7(12)5-8/h2-5H,1H3,(H2,13,14,15). The SMILES string of the molecule is Cc1nc(N)nc(Oc2cccc(Br)c2)c1[N+](=O)[O-]. The molecular weight excluding hydrogens is 316 g/mol. The van der Waals surface area contributed by atoms with E-state index in [2.05, 4.69) is 25.9 Å². The van der Waals surface area contributed by atoms with Crippen molar-refractivity contribution in [2.75, 3.05) is 5.73 Å². The Morgan fingerprint density at radius 3 is 2.79 bits per heavy atom. The molecular formula is C11H9BrN4O3. The number of nitrogen functional groups attached to an aromatic ring is 1. The van der Waals surface area contributed by atoms with Gasteiger partial charge in [-0.3, -0.25) is 10.1 Å². The second kappa shape index (κ2) is 5.19. The van der Waals surface area contributed by atoms with E-state index in [1.807, 2.05) is 0 Å². The third-order valence-electron chi connectivity index (χ3n) is 2.24. The molecule has 0 saturated heterocycles. The molecule has 0 saturated carbocycles. The van der Waals surface area contributed by atoms with Crippen molar-refractivity contribution in [3.63, 3.8) is 0 Å². The topological polar surface area (TPSA) is 104 Å². The quantitative estimate of drug-likeness (QED) is 0.687. The molecule has 2 rings (SSSR count). The van der Waals surface area contributed by atoms with Gasteiger partial charge in [0.05, 0.1) is 4.92 Å². The van der Waals surface area contributed by atoms with E-state index in [4.69, 9.17) is 10.5 Å². The minimum atomic E-state index is -0.595. The summed E-state index contributed by atoms with van der Waals surface area (Å²) in [6, 6.07) is 6.86. The van der Waals surface area contributed by atoms with Crippen LogP contribution in [0.5, 0.6) is 11.6 Å². The van der Waals surface area contributed by atoms with Crippen LogP contribution in [0, 0.1) is 17.0 Å². The first-order valence-corrected chi connectivity index (χ1v) is 5.98. The first-order chi connectivity index (χ1) is 8.97. The molecule has 7 nitrogen and oxygen atoms in total. The number of rotatable bonds is 3. The van der Waals surface area contributed by atoms with Gasteiger partial charge >= 0.3 is 11.6 Å². The molecule has 1 aromatic carbocycles. The molecule has 0 radical (unpaired) electrons. The Morgan fingerprint density at radius 2 is 2.16 bits per heavy atom. The van der Waals surface area contributed by atoms with Crippen molar-refractivity contribution < 1.29 is 9.66 Å². The number of ether oxygens (including phenoxy) is 1. The van der Waals surface area contributed by atoms with Crippen LogP contribution in [0.1, 0.15) is 5.69 Å². The highest BCUT2D eigenvalue weighted by Gasteiger charge is 2.23. The van der Waals surface area contributed by atoms with Gasteiger partial charge in [0.2, 0.25) is 5.95 Å². The van der Waals surface area contributed by atoms with Crippen LogP contribution in [-0.2, 0) is 0 Å². The summed E-state index contributed by atoms with van der Waals surface area (Å²) in [4.78, 5) is 17.9. The predicted octanol–water partition coefficient (Wildman–Crippen LogP) is 2.83. The van der Waals surface area contributed by atoms with Gasteiger partial charge in [-0.2, -0.15) is 4.98 Å². The van der Waals surface area contributed by atoms with E-state index in [0.29, 0.717) is 5.75 Å². The maximum Gasteiger partial charge on any atom is 0.352 e. The zero-order chi connectivity index (χ0) is 14.0. The monoisotopic (exact) mass is 324 g/mol. The summed E-state index contributed by atoms with van der Waals surface area (Å²) in [5.74, 6) is 0.163. The van der Waals surface area contributed by atoms with Gasteiger partial charge in [0.15, 0.2) is 0 Å². The van der Waals surface area contributed by atoms with Crippen LogP contribution in [0.2, 0.25) is 0 Å². The van der Waals surface area contributed by atoms with Crippen molar-refractivity contribution in [1.82, 2.24) is 9.97 Å². The Kier molecular flexibility index (Phi) is 3.61. The van der Waals surface area contributed by atoms with E-state index in [-0.39, 0.29) is 23.2 Å². The average molecular weight is 325 g/mol. The van der Waals surface area contributed by atoms with E-state index in [1.165, 1.54) is 6.92 Å². The van der Waals surface area contributed by atoms with Crippen molar-refractivity contribution in [2.45, 2.75) is 6.92 Å². The number of nitrogens with two attached hydrogens (primary N) is 1. The summed E-state index contributed by atoms with van der Waals surface area (Å²) >= 11 is 3.28. The molecule has 2 N–H and O–H groups in total. The second-order valence-corrected chi connectivity index (χ2v) is 4.55. The Bertz CT molecular complexity index is 648. The van der Waals surface area contributed by atoms with E-state index in [1.54, 1.807) is 24.3 Å². The molecule has 1 aromatic heterocycles. The number of halogens is 1. The molecule has 2 aromatic rings. The number of hydrogen-bond donors (Lipinski definition) is 1. The minimum absolute atomic E-state index is 0.0758. The Balaban J connectivity index is 2.47. The van der Waals surface area contributed by atoms with Gasteiger partial charge < -0.3 is 10.5 Å². The summed E-state index contributed by atoms with van der Waals surface area (Å²) in [6.45, 7) is 1.48. The number of aromatic nitrogens is 2. The van der Waals surface area contributed by atoms with Crippen LogP contribution in [0.25, 0.3) is 0 Å². The molecule has 0 unspecified atom stereocenters. The maximum absolute atomic E-state index is 11.0. The molecule has 0 aliphatic heterocycles. The van der Waals surface area contributed by atoms with Crippen LogP contribution < -0.4 is 10.5 Å². The fraction of sp³-hybridized carbons (Fsp3) is 0.0909.